The van der Waals surface area contributed by atoms with Crippen LogP contribution in [0.4, 0.5) is 0 Å². The van der Waals surface area contributed by atoms with Crippen LogP contribution in [0.5, 0.6) is 0 Å². The zero-order valence-electron chi connectivity index (χ0n) is 32.3. The molecule has 0 aliphatic carbocycles. The number of hydrogen-bond donors (Lipinski definition) is 0. The average molecular weight is 931 g/mol. The summed E-state index contributed by atoms with van der Waals surface area (Å²) in [7, 11) is 0. The fourth-order valence-corrected chi connectivity index (χ4v) is 105. The number of benzene rings is 9. The SMILES string of the molecule is [KH].c1ccc([PH](c2ccccc2)(c2ccccc2)[Ru]([PH](c2ccccc2)(c2ccccc2)c2ccccc2)[PH](c2ccccc2)(c2ccccc2)c2ccccc2)cc1. The molecule has 0 saturated carbocycles. The van der Waals surface area contributed by atoms with Gasteiger partial charge in [0.2, 0.25) is 0 Å². The molecule has 59 heavy (non-hydrogen) atoms. The average Bonchev–Trinajstić information content (AvgIpc) is 3.33. The van der Waals surface area contributed by atoms with Gasteiger partial charge in [-0.3, -0.25) is 0 Å². The fraction of sp³-hybridized carbons (Fsp3) is 0. The van der Waals surface area contributed by atoms with Gasteiger partial charge in [0.15, 0.2) is 0 Å². The molecule has 289 valence electrons. The van der Waals surface area contributed by atoms with E-state index in [-0.39, 0.29) is 51.4 Å². The molecule has 0 nitrogen and oxygen atoms in total. The monoisotopic (exact) mass is 931 g/mol. The van der Waals surface area contributed by atoms with E-state index in [9.17, 15) is 0 Å². The Hall–Kier alpha value is -3.47. The molecular weight excluding hydrogens is 882 g/mol. The van der Waals surface area contributed by atoms with Gasteiger partial charge in [-0.2, -0.15) is 0 Å². The van der Waals surface area contributed by atoms with Crippen molar-refractivity contribution < 1.29 is 14.5 Å². The number of hydrogen-bond acceptors (Lipinski definition) is 0. The van der Waals surface area contributed by atoms with Gasteiger partial charge in [-0.25, -0.2) is 0 Å². The van der Waals surface area contributed by atoms with Crippen molar-refractivity contribution in [1.82, 2.24) is 0 Å². The quantitative estimate of drug-likeness (QED) is 0.0850. The Labute approximate surface area is 398 Å². The van der Waals surface area contributed by atoms with Crippen LogP contribution in [0.25, 0.3) is 0 Å². The van der Waals surface area contributed by atoms with Gasteiger partial charge in [0.25, 0.3) is 0 Å². The Bertz CT molecular complexity index is 2050. The molecule has 9 rings (SSSR count). The summed E-state index contributed by atoms with van der Waals surface area (Å²) < 4.78 is 0. The van der Waals surface area contributed by atoms with Crippen molar-refractivity contribution in [3.63, 3.8) is 0 Å². The maximum atomic E-state index is 2.51. The minimum absolute atomic E-state index is 0. The first-order valence-electron chi connectivity index (χ1n) is 20.0. The molecule has 0 spiro atoms. The Balaban J connectivity index is 0.00000484. The molecule has 0 aliphatic rings. The molecule has 9 aromatic rings. The second kappa shape index (κ2) is 19.5. The predicted octanol–water partition coefficient (Wildman–Crippen LogP) is 8.88. The van der Waals surface area contributed by atoms with Crippen molar-refractivity contribution in [3.05, 3.63) is 273 Å². The molecule has 0 amide bonds. The summed E-state index contributed by atoms with van der Waals surface area (Å²) in [6, 6.07) is 107. The first-order chi connectivity index (χ1) is 28.8. The van der Waals surface area contributed by atoms with Gasteiger partial charge >= 0.3 is 403 Å². The van der Waals surface area contributed by atoms with Gasteiger partial charge in [-0.15, -0.1) is 0 Å². The minimum atomic E-state index is -3.15. The van der Waals surface area contributed by atoms with E-state index in [0.29, 0.717) is 0 Å². The fourth-order valence-electron chi connectivity index (χ4n) is 8.99. The number of rotatable bonds is 12. The molecule has 0 saturated heterocycles. The molecule has 0 bridgehead atoms. The first-order valence-corrected chi connectivity index (χ1v) is 33.4. The third-order valence-electron chi connectivity index (χ3n) is 11.3. The van der Waals surface area contributed by atoms with Crippen molar-refractivity contribution in [2.75, 3.05) is 0 Å². The van der Waals surface area contributed by atoms with E-state index in [1.165, 1.54) is 47.7 Å². The van der Waals surface area contributed by atoms with E-state index < -0.39 is 31.3 Å². The molecule has 0 atom stereocenters. The Morgan fingerprint density at radius 1 is 0.169 bits per heavy atom. The molecule has 0 fully saturated rings. The molecule has 9 aromatic carbocycles. The van der Waals surface area contributed by atoms with Crippen LogP contribution in [0.15, 0.2) is 273 Å². The molecule has 0 heterocycles. The van der Waals surface area contributed by atoms with E-state index in [4.69, 9.17) is 0 Å². The summed E-state index contributed by atoms with van der Waals surface area (Å²) in [6.07, 6.45) is 0. The Kier molecular flexibility index (Phi) is 14.0. The van der Waals surface area contributed by atoms with E-state index in [2.05, 4.69) is 273 Å². The van der Waals surface area contributed by atoms with Crippen LogP contribution in [0.1, 0.15) is 0 Å². The second-order valence-electron chi connectivity index (χ2n) is 14.5. The van der Waals surface area contributed by atoms with Crippen LogP contribution in [-0.2, 0) is 14.5 Å². The second-order valence-corrected chi connectivity index (χ2v) is 49.1. The molecule has 0 aromatic heterocycles. The zero-order valence-corrected chi connectivity index (χ0v) is 37.1. The summed E-state index contributed by atoms with van der Waals surface area (Å²) in [5.41, 5.74) is -9.46. The van der Waals surface area contributed by atoms with E-state index in [1.54, 1.807) is 0 Å². The third kappa shape index (κ3) is 7.62. The summed E-state index contributed by atoms with van der Waals surface area (Å²) >= 11 is -2.70. The van der Waals surface area contributed by atoms with Crippen molar-refractivity contribution in [1.29, 1.82) is 0 Å². The first kappa shape index (κ1) is 42.2. The van der Waals surface area contributed by atoms with Crippen LogP contribution >= 0.6 is 16.8 Å². The topological polar surface area (TPSA) is 0 Å². The summed E-state index contributed by atoms with van der Waals surface area (Å²) in [5.74, 6) is 0. The molecular formula is C54H49KP3Ru. The Morgan fingerprint density at radius 3 is 0.373 bits per heavy atom. The third-order valence-corrected chi connectivity index (χ3v) is 76.4. The molecule has 0 aliphatic heterocycles. The van der Waals surface area contributed by atoms with Crippen LogP contribution in [0.2, 0.25) is 0 Å². The van der Waals surface area contributed by atoms with Crippen molar-refractivity contribution in [3.8, 4) is 0 Å². The van der Waals surface area contributed by atoms with Crippen molar-refractivity contribution in [2.45, 2.75) is 0 Å². The van der Waals surface area contributed by atoms with Gasteiger partial charge in [-0.1, -0.05) is 0 Å². The predicted molar refractivity (Wildman–Crippen MR) is 267 cm³/mol. The molecule has 0 radical (unpaired) electrons. The van der Waals surface area contributed by atoms with Crippen LogP contribution in [0.3, 0.4) is 0 Å². The van der Waals surface area contributed by atoms with E-state index >= 15 is 0 Å². The molecule has 5 heteroatoms. The summed E-state index contributed by atoms with van der Waals surface area (Å²) in [5, 5.41) is 13.4. The van der Waals surface area contributed by atoms with Gasteiger partial charge in [0.05, 0.1) is 0 Å². The van der Waals surface area contributed by atoms with Crippen molar-refractivity contribution in [2.24, 2.45) is 0 Å². The van der Waals surface area contributed by atoms with E-state index in [0.717, 1.165) is 0 Å². The standard InChI is InChI=1S/3C18H15P.K.Ru.H/c3*1-4-10-16(11-5-1)19(17-12-6-2-7-13-17)18-14-8-3-9-15-18;;;/h3*1-15H;;;/q;;;;-3;/p+3. The summed E-state index contributed by atoms with van der Waals surface area (Å²) in [4.78, 5) is 0. The van der Waals surface area contributed by atoms with Crippen molar-refractivity contribution >= 4 is 116 Å². The van der Waals surface area contributed by atoms with E-state index in [1.807, 2.05) is 0 Å². The zero-order chi connectivity index (χ0) is 39.1. The molecule has 0 unspecified atom stereocenters. The van der Waals surface area contributed by atoms with Crippen LogP contribution in [-0.4, -0.2) is 51.4 Å². The maximum absolute atomic E-state index is 3.15. The normalized spacial score (nSPS) is 12.7. The van der Waals surface area contributed by atoms with Gasteiger partial charge in [0, 0.05) is 0 Å². The van der Waals surface area contributed by atoms with Crippen LogP contribution < -0.4 is 47.7 Å². The summed E-state index contributed by atoms with van der Waals surface area (Å²) in [6.45, 7) is 0. The van der Waals surface area contributed by atoms with Crippen LogP contribution in [0, 0.1) is 0 Å². The van der Waals surface area contributed by atoms with Gasteiger partial charge in [-0.05, 0) is 0 Å². The molecule has 0 N–H and O–H groups in total. The van der Waals surface area contributed by atoms with Gasteiger partial charge in [0.1, 0.15) is 0 Å². The Morgan fingerprint density at radius 2 is 0.271 bits per heavy atom. The van der Waals surface area contributed by atoms with Gasteiger partial charge < -0.3 is 0 Å².